The van der Waals surface area contributed by atoms with Crippen LogP contribution in [0.1, 0.15) is 5.56 Å². The monoisotopic (exact) mass is 214 g/mol. The average Bonchev–Trinajstić information content (AvgIpc) is 1.98. The van der Waals surface area contributed by atoms with Gasteiger partial charge in [-0.2, -0.15) is 0 Å². The Balaban J connectivity index is 2.95. The van der Waals surface area contributed by atoms with Crippen LogP contribution in [0.15, 0.2) is 16.9 Å². The van der Waals surface area contributed by atoms with Crippen molar-refractivity contribution in [1.29, 1.82) is 0 Å². The molecule has 1 amide bonds. The molecule has 3 nitrogen and oxygen atoms in total. The summed E-state index contributed by atoms with van der Waals surface area (Å²) in [5.41, 5.74) is 1.71. The summed E-state index contributed by atoms with van der Waals surface area (Å²) in [7, 11) is 0. The maximum atomic E-state index is 10.0. The van der Waals surface area contributed by atoms with E-state index in [0.29, 0.717) is 12.1 Å². The number of aromatic nitrogens is 1. The van der Waals surface area contributed by atoms with Crippen LogP contribution in [0.3, 0.4) is 0 Å². The predicted molar refractivity (Wildman–Crippen MR) is 46.4 cm³/mol. The molecule has 11 heavy (non-hydrogen) atoms. The number of carbonyl (C=O) groups excluding carboxylic acids is 1. The van der Waals surface area contributed by atoms with Gasteiger partial charge in [0, 0.05) is 0 Å². The molecule has 4 heteroatoms. The van der Waals surface area contributed by atoms with Crippen molar-refractivity contribution < 1.29 is 4.79 Å². The number of anilines is 1. The third-order valence-electron chi connectivity index (χ3n) is 1.24. The second-order valence-corrected chi connectivity index (χ2v) is 2.85. The summed E-state index contributed by atoms with van der Waals surface area (Å²) in [6, 6.07) is 1.84. The van der Waals surface area contributed by atoms with E-state index in [9.17, 15) is 4.79 Å². The van der Waals surface area contributed by atoms with E-state index in [4.69, 9.17) is 0 Å². The molecule has 0 bridgehead atoms. The first kappa shape index (κ1) is 8.20. The van der Waals surface area contributed by atoms with Crippen molar-refractivity contribution in [3.05, 3.63) is 22.4 Å². The lowest BCUT2D eigenvalue weighted by Crippen LogP contribution is -1.95. The average molecular weight is 215 g/mol. The molecule has 0 aliphatic rings. The van der Waals surface area contributed by atoms with E-state index in [2.05, 4.69) is 26.2 Å². The van der Waals surface area contributed by atoms with E-state index in [1.54, 1.807) is 6.20 Å². The summed E-state index contributed by atoms with van der Waals surface area (Å²) in [5.74, 6) is 0. The molecule has 0 spiro atoms. The van der Waals surface area contributed by atoms with Crippen molar-refractivity contribution in [1.82, 2.24) is 4.98 Å². The highest BCUT2D eigenvalue weighted by Crippen LogP contribution is 2.15. The molecule has 0 aliphatic carbocycles. The van der Waals surface area contributed by atoms with Crippen LogP contribution in [0.25, 0.3) is 0 Å². The minimum atomic E-state index is 0.629. The SMILES string of the molecule is Cc1cc(NC=O)cnc1Br. The van der Waals surface area contributed by atoms with Crippen molar-refractivity contribution in [3.8, 4) is 0 Å². The number of nitrogens with one attached hydrogen (secondary N) is 1. The zero-order valence-corrected chi connectivity index (χ0v) is 7.55. The molecule has 0 aliphatic heterocycles. The van der Waals surface area contributed by atoms with Crippen molar-refractivity contribution in [3.63, 3.8) is 0 Å². The zero-order valence-electron chi connectivity index (χ0n) is 5.97. The van der Waals surface area contributed by atoms with Gasteiger partial charge in [-0.3, -0.25) is 4.79 Å². The number of hydrogen-bond donors (Lipinski definition) is 1. The Kier molecular flexibility index (Phi) is 2.59. The van der Waals surface area contributed by atoms with Crippen LogP contribution in [-0.4, -0.2) is 11.4 Å². The summed E-state index contributed by atoms with van der Waals surface area (Å²) in [6.07, 6.45) is 2.22. The number of pyridine rings is 1. The molecule has 0 saturated carbocycles. The Labute approximate surface area is 73.0 Å². The topological polar surface area (TPSA) is 42.0 Å². The number of rotatable bonds is 2. The fourth-order valence-corrected chi connectivity index (χ4v) is 0.922. The fourth-order valence-electron chi connectivity index (χ4n) is 0.705. The first-order chi connectivity index (χ1) is 5.24. The summed E-state index contributed by atoms with van der Waals surface area (Å²) in [6.45, 7) is 1.91. The van der Waals surface area contributed by atoms with Gasteiger partial charge in [-0.05, 0) is 34.5 Å². The lowest BCUT2D eigenvalue weighted by atomic mass is 10.3. The van der Waals surface area contributed by atoms with Gasteiger partial charge in [-0.15, -0.1) is 0 Å². The van der Waals surface area contributed by atoms with E-state index in [1.165, 1.54) is 0 Å². The first-order valence-electron chi connectivity index (χ1n) is 3.06. The molecule has 0 unspecified atom stereocenters. The fraction of sp³-hybridized carbons (Fsp3) is 0.143. The van der Waals surface area contributed by atoms with Crippen molar-refractivity contribution in [2.24, 2.45) is 0 Å². The molecule has 58 valence electrons. The smallest absolute Gasteiger partial charge is 0.211 e. The number of hydrogen-bond acceptors (Lipinski definition) is 2. The zero-order chi connectivity index (χ0) is 8.27. The first-order valence-corrected chi connectivity index (χ1v) is 3.85. The van der Waals surface area contributed by atoms with Gasteiger partial charge >= 0.3 is 0 Å². The highest BCUT2D eigenvalue weighted by Gasteiger charge is 1.96. The highest BCUT2D eigenvalue weighted by atomic mass is 79.9. The van der Waals surface area contributed by atoms with Crippen LogP contribution < -0.4 is 5.32 Å². The lowest BCUT2D eigenvalue weighted by Gasteiger charge is -2.00. The molecule has 0 fully saturated rings. The van der Waals surface area contributed by atoms with Crippen molar-refractivity contribution in [2.75, 3.05) is 5.32 Å². The molecule has 1 aromatic rings. The van der Waals surface area contributed by atoms with Gasteiger partial charge in [0.25, 0.3) is 0 Å². The minimum absolute atomic E-state index is 0.629. The second kappa shape index (κ2) is 3.48. The molecule has 1 heterocycles. The highest BCUT2D eigenvalue weighted by molar-refractivity contribution is 9.10. The summed E-state index contributed by atoms with van der Waals surface area (Å²) >= 11 is 3.25. The molecule has 1 rings (SSSR count). The van der Waals surface area contributed by atoms with Crippen LogP contribution in [0.4, 0.5) is 5.69 Å². The van der Waals surface area contributed by atoms with Gasteiger partial charge < -0.3 is 5.32 Å². The molecule has 0 aromatic carbocycles. The minimum Gasteiger partial charge on any atom is -0.327 e. The standard InChI is InChI=1S/C7H7BrN2O/c1-5-2-6(10-4-11)3-9-7(5)8/h2-4H,1H3,(H,10,11). The molecular weight excluding hydrogens is 208 g/mol. The number of carbonyl (C=O) groups is 1. The molecule has 1 N–H and O–H groups in total. The molecular formula is C7H7BrN2O. The van der Waals surface area contributed by atoms with E-state index in [0.717, 1.165) is 10.2 Å². The predicted octanol–water partition coefficient (Wildman–Crippen LogP) is 1.72. The van der Waals surface area contributed by atoms with E-state index >= 15 is 0 Å². The van der Waals surface area contributed by atoms with Crippen LogP contribution >= 0.6 is 15.9 Å². The molecule has 0 saturated heterocycles. The number of amides is 1. The number of halogens is 1. The van der Waals surface area contributed by atoms with E-state index in [-0.39, 0.29) is 0 Å². The summed E-state index contributed by atoms with van der Waals surface area (Å²) < 4.78 is 0.800. The summed E-state index contributed by atoms with van der Waals surface area (Å²) in [4.78, 5) is 14.0. The van der Waals surface area contributed by atoms with Gasteiger partial charge in [0.2, 0.25) is 6.41 Å². The van der Waals surface area contributed by atoms with Crippen molar-refractivity contribution >= 4 is 28.0 Å². The van der Waals surface area contributed by atoms with Crippen LogP contribution in [0.2, 0.25) is 0 Å². The molecule has 1 aromatic heterocycles. The van der Waals surface area contributed by atoms with Crippen LogP contribution in [-0.2, 0) is 4.79 Å². The Hall–Kier alpha value is -0.900. The van der Waals surface area contributed by atoms with Crippen LogP contribution in [0.5, 0.6) is 0 Å². The quantitative estimate of drug-likeness (QED) is 0.602. The van der Waals surface area contributed by atoms with Crippen LogP contribution in [0, 0.1) is 6.92 Å². The number of nitrogens with zero attached hydrogens (tertiary/aromatic N) is 1. The van der Waals surface area contributed by atoms with Crippen molar-refractivity contribution in [2.45, 2.75) is 6.92 Å². The Morgan fingerprint density at radius 3 is 3.00 bits per heavy atom. The third kappa shape index (κ3) is 2.01. The van der Waals surface area contributed by atoms with Gasteiger partial charge in [-0.25, -0.2) is 4.98 Å². The second-order valence-electron chi connectivity index (χ2n) is 2.09. The van der Waals surface area contributed by atoms with Gasteiger partial charge in [0.1, 0.15) is 4.60 Å². The summed E-state index contributed by atoms with van der Waals surface area (Å²) in [5, 5.41) is 2.51. The maximum absolute atomic E-state index is 10.0. The largest absolute Gasteiger partial charge is 0.327 e. The lowest BCUT2D eigenvalue weighted by molar-refractivity contribution is -0.105. The maximum Gasteiger partial charge on any atom is 0.211 e. The number of aryl methyl sites for hydroxylation is 1. The Morgan fingerprint density at radius 1 is 1.73 bits per heavy atom. The normalized spacial score (nSPS) is 9.27. The Morgan fingerprint density at radius 2 is 2.45 bits per heavy atom. The van der Waals surface area contributed by atoms with Gasteiger partial charge in [0.15, 0.2) is 0 Å². The van der Waals surface area contributed by atoms with Gasteiger partial charge in [0.05, 0.1) is 11.9 Å². The third-order valence-corrected chi connectivity index (χ3v) is 2.07. The Bertz CT molecular complexity index is 275. The van der Waals surface area contributed by atoms with E-state index in [1.807, 2.05) is 13.0 Å². The molecule has 0 atom stereocenters. The van der Waals surface area contributed by atoms with Gasteiger partial charge in [-0.1, -0.05) is 0 Å². The van der Waals surface area contributed by atoms with E-state index < -0.39 is 0 Å². The molecule has 0 radical (unpaired) electrons.